The quantitative estimate of drug-likeness (QED) is 0.889. The van der Waals surface area contributed by atoms with Crippen LogP contribution in [0.4, 0.5) is 5.69 Å². The van der Waals surface area contributed by atoms with Gasteiger partial charge in [-0.3, -0.25) is 9.48 Å². The van der Waals surface area contributed by atoms with Gasteiger partial charge in [-0.15, -0.1) is 0 Å². The number of amides is 1. The maximum Gasteiger partial charge on any atom is 0.228 e. The van der Waals surface area contributed by atoms with E-state index in [2.05, 4.69) is 10.4 Å². The van der Waals surface area contributed by atoms with Crippen LogP contribution in [0, 0.1) is 13.8 Å². The van der Waals surface area contributed by atoms with Crippen LogP contribution in [0.2, 0.25) is 0 Å². The molecule has 20 heavy (non-hydrogen) atoms. The number of carbonyl (C=O) groups is 1. The highest BCUT2D eigenvalue weighted by Crippen LogP contribution is 2.19. The summed E-state index contributed by atoms with van der Waals surface area (Å²) in [5.74, 6) is -0.0508. The Balaban J connectivity index is 2.13. The summed E-state index contributed by atoms with van der Waals surface area (Å²) in [6.45, 7) is 4.26. The first-order chi connectivity index (χ1) is 9.52. The lowest BCUT2D eigenvalue weighted by molar-refractivity contribution is -0.115. The van der Waals surface area contributed by atoms with E-state index in [1.165, 1.54) is 0 Å². The summed E-state index contributed by atoms with van der Waals surface area (Å²) in [5.41, 5.74) is 10.2. The smallest absolute Gasteiger partial charge is 0.228 e. The van der Waals surface area contributed by atoms with Crippen molar-refractivity contribution in [1.82, 2.24) is 9.78 Å². The van der Waals surface area contributed by atoms with Crippen LogP contribution in [0.25, 0.3) is 0 Å². The molecule has 0 radical (unpaired) electrons. The van der Waals surface area contributed by atoms with E-state index in [1.807, 2.05) is 45.2 Å². The Kier molecular flexibility index (Phi) is 4.20. The standard InChI is InChI=1S/C15H20N4O/c1-10-15(11(2)19(3)18-10)17-14(20)8-12-6-4-5-7-13(12)9-16/h4-7H,8-9,16H2,1-3H3,(H,17,20). The van der Waals surface area contributed by atoms with Crippen molar-refractivity contribution in [3.63, 3.8) is 0 Å². The van der Waals surface area contributed by atoms with Crippen LogP contribution in [0.3, 0.4) is 0 Å². The Morgan fingerprint density at radius 2 is 1.95 bits per heavy atom. The lowest BCUT2D eigenvalue weighted by Gasteiger charge is -2.09. The third-order valence-electron chi connectivity index (χ3n) is 3.46. The first kappa shape index (κ1) is 14.3. The molecule has 0 aliphatic heterocycles. The predicted molar refractivity (Wildman–Crippen MR) is 79.3 cm³/mol. The number of rotatable bonds is 4. The second-order valence-corrected chi connectivity index (χ2v) is 4.87. The Labute approximate surface area is 118 Å². The van der Waals surface area contributed by atoms with Crippen LogP contribution in [0.15, 0.2) is 24.3 Å². The second-order valence-electron chi connectivity index (χ2n) is 4.87. The van der Waals surface area contributed by atoms with E-state index in [1.54, 1.807) is 4.68 Å². The van der Waals surface area contributed by atoms with E-state index in [0.29, 0.717) is 13.0 Å². The van der Waals surface area contributed by atoms with Gasteiger partial charge in [0.2, 0.25) is 5.91 Å². The molecule has 2 aromatic rings. The van der Waals surface area contributed by atoms with E-state index in [-0.39, 0.29) is 5.91 Å². The molecule has 5 heteroatoms. The first-order valence-corrected chi connectivity index (χ1v) is 6.59. The third-order valence-corrected chi connectivity index (χ3v) is 3.46. The van der Waals surface area contributed by atoms with Gasteiger partial charge in [-0.05, 0) is 25.0 Å². The highest BCUT2D eigenvalue weighted by atomic mass is 16.1. The highest BCUT2D eigenvalue weighted by molar-refractivity contribution is 5.93. The molecule has 1 aromatic heterocycles. The van der Waals surface area contributed by atoms with Crippen LogP contribution in [-0.4, -0.2) is 15.7 Å². The summed E-state index contributed by atoms with van der Waals surface area (Å²) in [4.78, 5) is 12.2. The fraction of sp³-hybridized carbons (Fsp3) is 0.333. The van der Waals surface area contributed by atoms with Gasteiger partial charge < -0.3 is 11.1 Å². The topological polar surface area (TPSA) is 72.9 Å². The molecule has 0 saturated carbocycles. The van der Waals surface area contributed by atoms with E-state index in [9.17, 15) is 4.79 Å². The second kappa shape index (κ2) is 5.88. The molecule has 3 N–H and O–H groups in total. The fourth-order valence-corrected chi connectivity index (χ4v) is 2.24. The maximum atomic E-state index is 12.2. The van der Waals surface area contributed by atoms with Crippen molar-refractivity contribution in [3.05, 3.63) is 46.8 Å². The van der Waals surface area contributed by atoms with Crippen LogP contribution in [-0.2, 0) is 24.8 Å². The summed E-state index contributed by atoms with van der Waals surface area (Å²) in [5, 5.41) is 7.22. The van der Waals surface area contributed by atoms with Crippen molar-refractivity contribution < 1.29 is 4.79 Å². The normalized spacial score (nSPS) is 10.6. The van der Waals surface area contributed by atoms with Crippen molar-refractivity contribution in [2.75, 3.05) is 5.32 Å². The summed E-state index contributed by atoms with van der Waals surface area (Å²) in [6.07, 6.45) is 0.321. The third kappa shape index (κ3) is 2.88. The number of nitrogens with two attached hydrogens (primary N) is 1. The minimum Gasteiger partial charge on any atom is -0.326 e. The Morgan fingerprint density at radius 3 is 2.50 bits per heavy atom. The van der Waals surface area contributed by atoms with Crippen molar-refractivity contribution in [3.8, 4) is 0 Å². The molecule has 0 aliphatic carbocycles. The van der Waals surface area contributed by atoms with Gasteiger partial charge >= 0.3 is 0 Å². The Bertz CT molecular complexity index is 631. The molecule has 0 bridgehead atoms. The van der Waals surface area contributed by atoms with Crippen molar-refractivity contribution in [2.24, 2.45) is 12.8 Å². The summed E-state index contributed by atoms with van der Waals surface area (Å²) < 4.78 is 1.76. The maximum absolute atomic E-state index is 12.2. The van der Waals surface area contributed by atoms with Crippen LogP contribution < -0.4 is 11.1 Å². The summed E-state index contributed by atoms with van der Waals surface area (Å²) in [7, 11) is 1.86. The van der Waals surface area contributed by atoms with E-state index >= 15 is 0 Å². The van der Waals surface area contributed by atoms with Gasteiger partial charge in [0.15, 0.2) is 0 Å². The van der Waals surface area contributed by atoms with Gasteiger partial charge in [0.1, 0.15) is 0 Å². The number of hydrogen-bond donors (Lipinski definition) is 2. The van der Waals surface area contributed by atoms with Gasteiger partial charge in [-0.1, -0.05) is 24.3 Å². The molecule has 0 unspecified atom stereocenters. The minimum atomic E-state index is -0.0508. The number of benzene rings is 1. The van der Waals surface area contributed by atoms with E-state index in [4.69, 9.17) is 5.73 Å². The number of aryl methyl sites for hydroxylation is 2. The molecule has 0 spiro atoms. The SMILES string of the molecule is Cc1nn(C)c(C)c1NC(=O)Cc1ccccc1CN. The molecular weight excluding hydrogens is 252 g/mol. The predicted octanol–water partition coefficient (Wildman–Crippen LogP) is 1.68. The van der Waals surface area contributed by atoms with Crippen molar-refractivity contribution in [1.29, 1.82) is 0 Å². The number of nitrogens with zero attached hydrogens (tertiary/aromatic N) is 2. The fourth-order valence-electron chi connectivity index (χ4n) is 2.24. The molecule has 0 aliphatic rings. The average Bonchev–Trinajstić information content (AvgIpc) is 2.66. The minimum absolute atomic E-state index is 0.0508. The summed E-state index contributed by atoms with van der Waals surface area (Å²) in [6, 6.07) is 7.73. The van der Waals surface area contributed by atoms with Gasteiger partial charge in [0.25, 0.3) is 0 Å². The Morgan fingerprint density at radius 1 is 1.30 bits per heavy atom. The number of nitrogens with one attached hydrogen (secondary N) is 1. The molecule has 1 heterocycles. The molecule has 1 amide bonds. The monoisotopic (exact) mass is 272 g/mol. The van der Waals surface area contributed by atoms with Gasteiger partial charge in [-0.25, -0.2) is 0 Å². The lowest BCUT2D eigenvalue weighted by Crippen LogP contribution is -2.17. The molecule has 2 rings (SSSR count). The first-order valence-electron chi connectivity index (χ1n) is 6.59. The van der Waals surface area contributed by atoms with Gasteiger partial charge in [0.05, 0.1) is 23.5 Å². The zero-order valence-corrected chi connectivity index (χ0v) is 12.1. The largest absolute Gasteiger partial charge is 0.326 e. The Hall–Kier alpha value is -2.14. The molecule has 1 aromatic carbocycles. The lowest BCUT2D eigenvalue weighted by atomic mass is 10.0. The molecular formula is C15H20N4O. The number of carbonyl (C=O) groups excluding carboxylic acids is 1. The van der Waals surface area contributed by atoms with Crippen LogP contribution >= 0.6 is 0 Å². The van der Waals surface area contributed by atoms with E-state index < -0.39 is 0 Å². The number of anilines is 1. The number of aromatic nitrogens is 2. The molecule has 0 saturated heterocycles. The van der Waals surface area contributed by atoms with Crippen LogP contribution in [0.5, 0.6) is 0 Å². The molecule has 0 atom stereocenters. The number of hydrogen-bond acceptors (Lipinski definition) is 3. The van der Waals surface area contributed by atoms with E-state index in [0.717, 1.165) is 28.2 Å². The van der Waals surface area contributed by atoms with Crippen LogP contribution in [0.1, 0.15) is 22.5 Å². The molecule has 5 nitrogen and oxygen atoms in total. The van der Waals surface area contributed by atoms with Crippen molar-refractivity contribution in [2.45, 2.75) is 26.8 Å². The van der Waals surface area contributed by atoms with Crippen molar-refractivity contribution >= 4 is 11.6 Å². The zero-order valence-electron chi connectivity index (χ0n) is 12.1. The molecule has 106 valence electrons. The summed E-state index contributed by atoms with van der Waals surface area (Å²) >= 11 is 0. The van der Waals surface area contributed by atoms with Gasteiger partial charge in [0, 0.05) is 13.6 Å². The average molecular weight is 272 g/mol. The zero-order chi connectivity index (χ0) is 14.7. The molecule has 0 fully saturated rings. The van der Waals surface area contributed by atoms with Gasteiger partial charge in [-0.2, -0.15) is 5.10 Å². The highest BCUT2D eigenvalue weighted by Gasteiger charge is 2.13.